The van der Waals surface area contributed by atoms with E-state index in [2.05, 4.69) is 5.32 Å². The molecule has 0 aliphatic rings. The first kappa shape index (κ1) is 17.2. The number of ether oxygens (including phenoxy) is 2. The van der Waals surface area contributed by atoms with E-state index in [4.69, 9.17) is 21.1 Å². The van der Waals surface area contributed by atoms with Crippen LogP contribution < -0.4 is 14.8 Å². The summed E-state index contributed by atoms with van der Waals surface area (Å²) >= 11 is 5.97. The topological polar surface area (TPSA) is 47.6 Å². The van der Waals surface area contributed by atoms with Crippen LogP contribution in [0.15, 0.2) is 42.5 Å². The number of para-hydroxylation sites is 1. The number of hydrogen-bond acceptors (Lipinski definition) is 3. The SMILES string of the molecule is COc1ccccc1CCNC(=O)Cc1cc(Cl)ccc1OC. The third kappa shape index (κ3) is 4.89. The molecule has 2 rings (SSSR count). The summed E-state index contributed by atoms with van der Waals surface area (Å²) in [5.74, 6) is 1.42. The number of rotatable bonds is 7. The zero-order chi connectivity index (χ0) is 16.7. The van der Waals surface area contributed by atoms with Crippen LogP contribution in [0.2, 0.25) is 5.02 Å². The minimum atomic E-state index is -0.0690. The maximum absolute atomic E-state index is 12.1. The van der Waals surface area contributed by atoms with Crippen LogP contribution in [0.5, 0.6) is 11.5 Å². The molecule has 1 amide bonds. The van der Waals surface area contributed by atoms with Gasteiger partial charge in [0.05, 0.1) is 20.6 Å². The molecule has 0 aliphatic carbocycles. The molecule has 5 heteroatoms. The van der Waals surface area contributed by atoms with Crippen molar-refractivity contribution >= 4 is 17.5 Å². The summed E-state index contributed by atoms with van der Waals surface area (Å²) in [5.41, 5.74) is 1.84. The van der Waals surface area contributed by atoms with Gasteiger partial charge in [0, 0.05) is 17.1 Å². The Morgan fingerprint density at radius 3 is 2.48 bits per heavy atom. The minimum absolute atomic E-state index is 0.0690. The number of hydrogen-bond donors (Lipinski definition) is 1. The number of benzene rings is 2. The molecule has 2 aromatic rings. The number of carbonyl (C=O) groups is 1. The first-order valence-electron chi connectivity index (χ1n) is 7.35. The average molecular weight is 334 g/mol. The number of amides is 1. The first-order chi connectivity index (χ1) is 11.1. The van der Waals surface area contributed by atoms with Crippen LogP contribution in [-0.4, -0.2) is 26.7 Å². The summed E-state index contributed by atoms with van der Waals surface area (Å²) in [6.45, 7) is 0.544. The predicted octanol–water partition coefficient (Wildman–Crippen LogP) is 3.26. The number of halogens is 1. The van der Waals surface area contributed by atoms with E-state index < -0.39 is 0 Å². The van der Waals surface area contributed by atoms with Gasteiger partial charge in [0.1, 0.15) is 11.5 Å². The fourth-order valence-electron chi connectivity index (χ4n) is 2.37. The smallest absolute Gasteiger partial charge is 0.224 e. The Morgan fingerprint density at radius 1 is 1.04 bits per heavy atom. The van der Waals surface area contributed by atoms with Crippen molar-refractivity contribution in [3.8, 4) is 11.5 Å². The van der Waals surface area contributed by atoms with Gasteiger partial charge in [-0.05, 0) is 36.2 Å². The Bertz CT molecular complexity index is 673. The van der Waals surface area contributed by atoms with E-state index in [-0.39, 0.29) is 12.3 Å². The molecule has 0 saturated heterocycles. The van der Waals surface area contributed by atoms with E-state index in [1.807, 2.05) is 24.3 Å². The molecule has 0 aromatic heterocycles. The second-order valence-electron chi connectivity index (χ2n) is 5.04. The molecule has 0 fully saturated rings. The van der Waals surface area contributed by atoms with E-state index in [0.717, 1.165) is 16.9 Å². The fraction of sp³-hybridized carbons (Fsp3) is 0.278. The van der Waals surface area contributed by atoms with Gasteiger partial charge < -0.3 is 14.8 Å². The van der Waals surface area contributed by atoms with Crippen molar-refractivity contribution in [3.63, 3.8) is 0 Å². The molecule has 2 aromatic carbocycles. The van der Waals surface area contributed by atoms with Crippen molar-refractivity contribution in [2.75, 3.05) is 20.8 Å². The lowest BCUT2D eigenvalue weighted by Crippen LogP contribution is -2.27. The molecule has 0 spiro atoms. The van der Waals surface area contributed by atoms with Crippen LogP contribution >= 0.6 is 11.6 Å². The lowest BCUT2D eigenvalue weighted by molar-refractivity contribution is -0.120. The third-order valence-corrected chi connectivity index (χ3v) is 3.74. The summed E-state index contributed by atoms with van der Waals surface area (Å²) in [7, 11) is 3.22. The summed E-state index contributed by atoms with van der Waals surface area (Å²) in [6.07, 6.45) is 0.943. The molecule has 0 atom stereocenters. The van der Waals surface area contributed by atoms with Gasteiger partial charge in [-0.3, -0.25) is 4.79 Å². The Labute approximate surface area is 141 Å². The highest BCUT2D eigenvalue weighted by Crippen LogP contribution is 2.23. The predicted molar refractivity (Wildman–Crippen MR) is 91.4 cm³/mol. The zero-order valence-electron chi connectivity index (χ0n) is 13.3. The van der Waals surface area contributed by atoms with Gasteiger partial charge in [-0.25, -0.2) is 0 Å². The Morgan fingerprint density at radius 2 is 1.74 bits per heavy atom. The molecule has 0 saturated carbocycles. The van der Waals surface area contributed by atoms with Crippen LogP contribution in [0, 0.1) is 0 Å². The van der Waals surface area contributed by atoms with Crippen molar-refractivity contribution in [1.29, 1.82) is 0 Å². The highest BCUT2D eigenvalue weighted by atomic mass is 35.5. The second kappa shape index (κ2) is 8.44. The maximum Gasteiger partial charge on any atom is 0.224 e. The van der Waals surface area contributed by atoms with E-state index in [1.54, 1.807) is 32.4 Å². The van der Waals surface area contributed by atoms with Crippen LogP contribution in [0.4, 0.5) is 0 Å². The number of nitrogens with one attached hydrogen (secondary N) is 1. The second-order valence-corrected chi connectivity index (χ2v) is 5.48. The zero-order valence-corrected chi connectivity index (χ0v) is 14.0. The van der Waals surface area contributed by atoms with Crippen LogP contribution in [-0.2, 0) is 17.6 Å². The van der Waals surface area contributed by atoms with Gasteiger partial charge in [-0.2, -0.15) is 0 Å². The average Bonchev–Trinajstić information content (AvgIpc) is 2.55. The highest BCUT2D eigenvalue weighted by Gasteiger charge is 2.10. The molecule has 122 valence electrons. The quantitative estimate of drug-likeness (QED) is 0.846. The van der Waals surface area contributed by atoms with Crippen molar-refractivity contribution in [1.82, 2.24) is 5.32 Å². The van der Waals surface area contributed by atoms with Gasteiger partial charge in [-0.1, -0.05) is 29.8 Å². The monoisotopic (exact) mass is 333 g/mol. The molecular formula is C18H20ClNO3. The van der Waals surface area contributed by atoms with Crippen LogP contribution in [0.3, 0.4) is 0 Å². The van der Waals surface area contributed by atoms with Gasteiger partial charge >= 0.3 is 0 Å². The summed E-state index contributed by atoms with van der Waals surface area (Å²) in [4.78, 5) is 12.1. The third-order valence-electron chi connectivity index (χ3n) is 3.50. The lowest BCUT2D eigenvalue weighted by Gasteiger charge is -2.11. The molecule has 4 nitrogen and oxygen atoms in total. The molecule has 0 aliphatic heterocycles. The molecule has 0 heterocycles. The normalized spacial score (nSPS) is 10.2. The Balaban J connectivity index is 1.89. The standard InChI is InChI=1S/C18H20ClNO3/c1-22-16-6-4-3-5-13(16)9-10-20-18(21)12-14-11-15(19)7-8-17(14)23-2/h3-8,11H,9-10,12H2,1-2H3,(H,20,21). The van der Waals surface area contributed by atoms with Crippen LogP contribution in [0.1, 0.15) is 11.1 Å². The lowest BCUT2D eigenvalue weighted by atomic mass is 10.1. The molecular weight excluding hydrogens is 314 g/mol. The fourth-order valence-corrected chi connectivity index (χ4v) is 2.56. The van der Waals surface area contributed by atoms with Gasteiger partial charge in [0.15, 0.2) is 0 Å². The largest absolute Gasteiger partial charge is 0.496 e. The Kier molecular flexibility index (Phi) is 6.29. The van der Waals surface area contributed by atoms with Gasteiger partial charge in [-0.15, -0.1) is 0 Å². The number of methoxy groups -OCH3 is 2. The van der Waals surface area contributed by atoms with E-state index in [1.165, 1.54) is 0 Å². The summed E-state index contributed by atoms with van der Waals surface area (Å²) in [5, 5.41) is 3.49. The summed E-state index contributed by atoms with van der Waals surface area (Å²) < 4.78 is 10.5. The molecule has 0 unspecified atom stereocenters. The van der Waals surface area contributed by atoms with E-state index in [9.17, 15) is 4.79 Å². The maximum atomic E-state index is 12.1. The minimum Gasteiger partial charge on any atom is -0.496 e. The van der Waals surface area contributed by atoms with Gasteiger partial charge in [0.2, 0.25) is 5.91 Å². The molecule has 0 radical (unpaired) electrons. The van der Waals surface area contributed by atoms with Crippen molar-refractivity contribution < 1.29 is 14.3 Å². The number of carbonyl (C=O) groups excluding carboxylic acids is 1. The van der Waals surface area contributed by atoms with Crippen LogP contribution in [0.25, 0.3) is 0 Å². The molecule has 1 N–H and O–H groups in total. The van der Waals surface area contributed by atoms with Crippen molar-refractivity contribution in [3.05, 3.63) is 58.6 Å². The summed E-state index contributed by atoms with van der Waals surface area (Å²) in [6, 6.07) is 13.0. The highest BCUT2D eigenvalue weighted by molar-refractivity contribution is 6.30. The van der Waals surface area contributed by atoms with Crippen molar-refractivity contribution in [2.24, 2.45) is 0 Å². The molecule has 0 bridgehead atoms. The Hall–Kier alpha value is -2.20. The first-order valence-corrected chi connectivity index (χ1v) is 7.73. The van der Waals surface area contributed by atoms with E-state index in [0.29, 0.717) is 23.7 Å². The van der Waals surface area contributed by atoms with Crippen molar-refractivity contribution in [2.45, 2.75) is 12.8 Å². The molecule has 23 heavy (non-hydrogen) atoms. The van der Waals surface area contributed by atoms with E-state index >= 15 is 0 Å². The van der Waals surface area contributed by atoms with Gasteiger partial charge in [0.25, 0.3) is 0 Å².